The molecule has 0 spiro atoms. The summed E-state index contributed by atoms with van der Waals surface area (Å²) in [7, 11) is 0. The minimum atomic E-state index is 0.349. The van der Waals surface area contributed by atoms with Crippen molar-refractivity contribution in [2.45, 2.75) is 43.9 Å². The molecule has 0 radical (unpaired) electrons. The van der Waals surface area contributed by atoms with Gasteiger partial charge in [-0.3, -0.25) is 0 Å². The van der Waals surface area contributed by atoms with E-state index < -0.39 is 0 Å². The molecule has 2 heteroatoms. The van der Waals surface area contributed by atoms with Crippen LogP contribution in [0.25, 0.3) is 0 Å². The first kappa shape index (κ1) is 12.3. The lowest BCUT2D eigenvalue weighted by Crippen LogP contribution is -2.12. The topological polar surface area (TPSA) is 0 Å². The Kier molecular flexibility index (Phi) is 4.55. The Morgan fingerprint density at radius 2 is 2.00 bits per heavy atom. The first-order valence-corrected chi connectivity index (χ1v) is 6.95. The van der Waals surface area contributed by atoms with Crippen molar-refractivity contribution >= 4 is 23.2 Å². The monoisotopic (exact) mass is 256 g/mol. The first-order chi connectivity index (χ1) is 7.75. The molecule has 1 aromatic carbocycles. The van der Waals surface area contributed by atoms with Crippen molar-refractivity contribution in [1.82, 2.24) is 0 Å². The third-order valence-electron chi connectivity index (χ3n) is 3.51. The molecule has 1 atom stereocenters. The maximum atomic E-state index is 6.44. The van der Waals surface area contributed by atoms with E-state index in [4.69, 9.17) is 23.2 Å². The van der Waals surface area contributed by atoms with Crippen molar-refractivity contribution in [3.8, 4) is 0 Å². The highest BCUT2D eigenvalue weighted by atomic mass is 35.5. The second-order valence-electron chi connectivity index (χ2n) is 4.73. The van der Waals surface area contributed by atoms with Gasteiger partial charge in [0.15, 0.2) is 0 Å². The number of hydrogen-bond acceptors (Lipinski definition) is 0. The lowest BCUT2D eigenvalue weighted by molar-refractivity contribution is 0.492. The molecule has 1 aliphatic carbocycles. The van der Waals surface area contributed by atoms with Gasteiger partial charge in [0.1, 0.15) is 0 Å². The largest absolute Gasteiger partial charge is 0.123 e. The summed E-state index contributed by atoms with van der Waals surface area (Å²) in [6, 6.07) is 8.10. The summed E-state index contributed by atoms with van der Waals surface area (Å²) in [4.78, 5) is 0. The molecule has 1 unspecified atom stereocenters. The molecule has 0 nitrogen and oxygen atoms in total. The van der Waals surface area contributed by atoms with Gasteiger partial charge in [0.05, 0.1) is 0 Å². The maximum Gasteiger partial charge on any atom is 0.0408 e. The Bertz CT molecular complexity index is 329. The van der Waals surface area contributed by atoms with Gasteiger partial charge in [0, 0.05) is 10.4 Å². The zero-order chi connectivity index (χ0) is 11.4. The van der Waals surface area contributed by atoms with Gasteiger partial charge in [0.2, 0.25) is 0 Å². The molecule has 0 amide bonds. The lowest BCUT2D eigenvalue weighted by atomic mass is 9.98. The van der Waals surface area contributed by atoms with E-state index in [9.17, 15) is 0 Å². The lowest BCUT2D eigenvalue weighted by Gasteiger charge is -2.16. The Morgan fingerprint density at radius 3 is 2.69 bits per heavy atom. The fraction of sp³-hybridized carbons (Fsp3) is 0.571. The average Bonchev–Trinajstić information content (AvgIpc) is 2.79. The molecule has 0 N–H and O–H groups in total. The van der Waals surface area contributed by atoms with Crippen LogP contribution in [0.3, 0.4) is 0 Å². The third-order valence-corrected chi connectivity index (χ3v) is 4.32. The predicted molar refractivity (Wildman–Crippen MR) is 71.4 cm³/mol. The van der Waals surface area contributed by atoms with Crippen LogP contribution in [-0.4, -0.2) is 5.38 Å². The second kappa shape index (κ2) is 5.93. The molecule has 1 aliphatic rings. The second-order valence-corrected chi connectivity index (χ2v) is 5.73. The Morgan fingerprint density at radius 1 is 1.25 bits per heavy atom. The van der Waals surface area contributed by atoms with Crippen LogP contribution in [0.5, 0.6) is 0 Å². The van der Waals surface area contributed by atoms with Gasteiger partial charge in [-0.25, -0.2) is 0 Å². The molecule has 0 aliphatic heterocycles. The average molecular weight is 257 g/mol. The molecule has 0 saturated heterocycles. The van der Waals surface area contributed by atoms with Crippen LogP contribution in [0.2, 0.25) is 5.02 Å². The molecule has 88 valence electrons. The number of benzene rings is 1. The molecule has 16 heavy (non-hydrogen) atoms. The summed E-state index contributed by atoms with van der Waals surface area (Å²) < 4.78 is 0. The van der Waals surface area contributed by atoms with Crippen molar-refractivity contribution in [1.29, 1.82) is 0 Å². The highest BCUT2D eigenvalue weighted by Gasteiger charge is 2.22. The molecular formula is C14H18Cl2. The van der Waals surface area contributed by atoms with Crippen molar-refractivity contribution in [3.63, 3.8) is 0 Å². The summed E-state index contributed by atoms with van der Waals surface area (Å²) >= 11 is 12.4. The van der Waals surface area contributed by atoms with Crippen LogP contribution in [-0.2, 0) is 6.42 Å². The molecule has 0 bridgehead atoms. The number of alkyl halides is 1. The normalized spacial score (nSPS) is 18.9. The van der Waals surface area contributed by atoms with E-state index in [-0.39, 0.29) is 0 Å². The van der Waals surface area contributed by atoms with Crippen LogP contribution >= 0.6 is 23.2 Å². The van der Waals surface area contributed by atoms with Gasteiger partial charge in [-0.1, -0.05) is 36.6 Å². The van der Waals surface area contributed by atoms with Crippen LogP contribution in [0.1, 0.15) is 37.7 Å². The summed E-state index contributed by atoms with van der Waals surface area (Å²) in [5.41, 5.74) is 1.30. The summed E-state index contributed by atoms with van der Waals surface area (Å²) in [5, 5.41) is 1.17. The van der Waals surface area contributed by atoms with Gasteiger partial charge in [-0.05, 0) is 49.3 Å². The maximum absolute atomic E-state index is 6.44. The molecule has 0 heterocycles. The van der Waals surface area contributed by atoms with Crippen molar-refractivity contribution in [3.05, 3.63) is 34.9 Å². The van der Waals surface area contributed by atoms with E-state index in [2.05, 4.69) is 6.07 Å². The zero-order valence-electron chi connectivity index (χ0n) is 9.46. The highest BCUT2D eigenvalue weighted by molar-refractivity contribution is 6.30. The quantitative estimate of drug-likeness (QED) is 0.660. The molecule has 1 fully saturated rings. The number of hydrogen-bond donors (Lipinski definition) is 0. The van der Waals surface area contributed by atoms with Gasteiger partial charge in [0.25, 0.3) is 0 Å². The molecule has 1 aromatic rings. The molecule has 0 aromatic heterocycles. The van der Waals surface area contributed by atoms with Gasteiger partial charge in [-0.15, -0.1) is 11.6 Å². The van der Waals surface area contributed by atoms with Crippen LogP contribution in [0.4, 0.5) is 0 Å². The fourth-order valence-electron chi connectivity index (χ4n) is 2.55. The fourth-order valence-corrected chi connectivity index (χ4v) is 3.13. The Balaban J connectivity index is 1.82. The number of aryl methyl sites for hydroxylation is 1. The summed E-state index contributed by atoms with van der Waals surface area (Å²) in [5.74, 6) is 0.751. The predicted octanol–water partition coefficient (Wildman–Crippen LogP) is 5.07. The van der Waals surface area contributed by atoms with Gasteiger partial charge < -0.3 is 0 Å². The van der Waals surface area contributed by atoms with E-state index >= 15 is 0 Å². The van der Waals surface area contributed by atoms with E-state index in [1.165, 1.54) is 31.2 Å². The van der Waals surface area contributed by atoms with Crippen molar-refractivity contribution < 1.29 is 0 Å². The van der Waals surface area contributed by atoms with Gasteiger partial charge in [-0.2, -0.15) is 0 Å². The van der Waals surface area contributed by atoms with Gasteiger partial charge >= 0.3 is 0 Å². The number of rotatable bonds is 4. The number of halogens is 2. The highest BCUT2D eigenvalue weighted by Crippen LogP contribution is 2.32. The Hall–Kier alpha value is -0.200. The first-order valence-electron chi connectivity index (χ1n) is 6.14. The minimum absolute atomic E-state index is 0.349. The Labute approximate surface area is 108 Å². The molecule has 1 saturated carbocycles. The summed E-state index contributed by atoms with van der Waals surface area (Å²) in [6.07, 6.45) is 7.50. The van der Waals surface area contributed by atoms with E-state index in [1.54, 1.807) is 0 Å². The van der Waals surface area contributed by atoms with Crippen LogP contribution in [0.15, 0.2) is 24.3 Å². The third kappa shape index (κ3) is 3.40. The van der Waals surface area contributed by atoms with Crippen molar-refractivity contribution in [2.24, 2.45) is 5.92 Å². The SMILES string of the molecule is Clc1cccc(CCC(Cl)C2CCCC2)c1. The standard InChI is InChI=1S/C14H18Cl2/c15-13-7-3-4-11(10-13)8-9-14(16)12-5-1-2-6-12/h3-4,7,10,12,14H,1-2,5-6,8-9H2. The van der Waals surface area contributed by atoms with Crippen LogP contribution in [0, 0.1) is 5.92 Å². The molecular weight excluding hydrogens is 239 g/mol. The minimum Gasteiger partial charge on any atom is -0.123 e. The van der Waals surface area contributed by atoms with E-state index in [0.29, 0.717) is 5.38 Å². The zero-order valence-corrected chi connectivity index (χ0v) is 11.0. The van der Waals surface area contributed by atoms with E-state index in [1.807, 2.05) is 18.2 Å². The smallest absolute Gasteiger partial charge is 0.0408 e. The van der Waals surface area contributed by atoms with E-state index in [0.717, 1.165) is 23.8 Å². The van der Waals surface area contributed by atoms with Crippen molar-refractivity contribution in [2.75, 3.05) is 0 Å². The molecule has 2 rings (SSSR count). The van der Waals surface area contributed by atoms with Crippen LogP contribution < -0.4 is 0 Å². The summed E-state index contributed by atoms with van der Waals surface area (Å²) in [6.45, 7) is 0.